The van der Waals surface area contributed by atoms with Crippen LogP contribution in [0.15, 0.2) is 12.2 Å². The first-order valence-electron chi connectivity index (χ1n) is 7.54. The number of allylic oxidation sites excluding steroid dienone is 1. The lowest BCUT2D eigenvalue weighted by Crippen LogP contribution is -2.31. The number of ether oxygens (including phenoxy) is 2. The van der Waals surface area contributed by atoms with E-state index >= 15 is 0 Å². The van der Waals surface area contributed by atoms with Crippen molar-refractivity contribution in [3.8, 4) is 0 Å². The Labute approximate surface area is 119 Å². The summed E-state index contributed by atoms with van der Waals surface area (Å²) < 4.78 is 11.1. The first-order valence-corrected chi connectivity index (χ1v) is 11.2. The van der Waals surface area contributed by atoms with Crippen LogP contribution in [0.2, 0.25) is 25.7 Å². The van der Waals surface area contributed by atoms with E-state index in [1.54, 1.807) is 0 Å². The molecule has 1 fully saturated rings. The van der Waals surface area contributed by atoms with Crippen LogP contribution in [0.25, 0.3) is 0 Å². The zero-order valence-corrected chi connectivity index (χ0v) is 14.0. The van der Waals surface area contributed by atoms with Gasteiger partial charge in [0.1, 0.15) is 0 Å². The molecule has 0 saturated carbocycles. The van der Waals surface area contributed by atoms with E-state index in [0.29, 0.717) is 5.92 Å². The van der Waals surface area contributed by atoms with Crippen molar-refractivity contribution >= 4 is 8.07 Å². The molecule has 0 amide bonds. The fourth-order valence-electron chi connectivity index (χ4n) is 2.07. The van der Waals surface area contributed by atoms with Crippen molar-refractivity contribution in [2.45, 2.75) is 64.2 Å². The zero-order chi connectivity index (χ0) is 14.3. The van der Waals surface area contributed by atoms with Gasteiger partial charge in [-0.3, -0.25) is 0 Å². The molecule has 1 heterocycles. The van der Waals surface area contributed by atoms with Gasteiger partial charge in [-0.1, -0.05) is 38.7 Å². The maximum atomic E-state index is 6.23. The normalized spacial score (nSPS) is 21.7. The quantitative estimate of drug-likeness (QED) is 0.576. The van der Waals surface area contributed by atoms with Crippen LogP contribution >= 0.6 is 0 Å². The third-order valence-corrected chi connectivity index (χ3v) is 4.94. The van der Waals surface area contributed by atoms with Crippen molar-refractivity contribution < 1.29 is 9.47 Å². The van der Waals surface area contributed by atoms with Gasteiger partial charge in [0.15, 0.2) is 6.29 Å². The van der Waals surface area contributed by atoms with E-state index < -0.39 is 8.07 Å². The Morgan fingerprint density at radius 2 is 1.89 bits per heavy atom. The molecule has 2 atom stereocenters. The minimum absolute atomic E-state index is 0.0297. The Hall–Kier alpha value is -0.163. The molecule has 0 bridgehead atoms. The number of hydrogen-bond acceptors (Lipinski definition) is 3. The fourth-order valence-corrected chi connectivity index (χ4v) is 2.92. The van der Waals surface area contributed by atoms with E-state index in [1.165, 1.54) is 6.04 Å². The van der Waals surface area contributed by atoms with Crippen LogP contribution in [0.1, 0.15) is 26.2 Å². The lowest BCUT2D eigenvalue weighted by Gasteiger charge is -2.25. The highest BCUT2D eigenvalue weighted by atomic mass is 28.3. The van der Waals surface area contributed by atoms with Gasteiger partial charge < -0.3 is 15.2 Å². The first-order chi connectivity index (χ1) is 8.88. The van der Waals surface area contributed by atoms with Crippen LogP contribution in [-0.2, 0) is 9.47 Å². The summed E-state index contributed by atoms with van der Waals surface area (Å²) in [7, 11) is -0.972. The minimum Gasteiger partial charge on any atom is -0.353 e. The van der Waals surface area contributed by atoms with E-state index in [0.717, 1.165) is 32.5 Å². The molecule has 2 N–H and O–H groups in total. The fraction of sp³-hybridized carbons (Fsp3) is 0.867. The van der Waals surface area contributed by atoms with Gasteiger partial charge in [0.05, 0.1) is 13.2 Å². The Balaban J connectivity index is 2.22. The monoisotopic (exact) mass is 285 g/mol. The second-order valence-electron chi connectivity index (χ2n) is 6.82. The van der Waals surface area contributed by atoms with Crippen molar-refractivity contribution in [1.29, 1.82) is 0 Å². The lowest BCUT2D eigenvalue weighted by atomic mass is 9.98. The van der Waals surface area contributed by atoms with Crippen LogP contribution in [0, 0.1) is 5.92 Å². The van der Waals surface area contributed by atoms with E-state index in [9.17, 15) is 0 Å². The van der Waals surface area contributed by atoms with Gasteiger partial charge in [-0.15, -0.1) is 0 Å². The van der Waals surface area contributed by atoms with Gasteiger partial charge in [-0.25, -0.2) is 0 Å². The smallest absolute Gasteiger partial charge is 0.157 e. The molecule has 0 unspecified atom stereocenters. The van der Waals surface area contributed by atoms with Gasteiger partial charge in [0, 0.05) is 14.1 Å². The molecule has 0 aromatic heterocycles. The second kappa shape index (κ2) is 8.20. The van der Waals surface area contributed by atoms with E-state index in [1.807, 2.05) is 0 Å². The summed E-state index contributed by atoms with van der Waals surface area (Å²) in [5.74, 6) is 0.431. The zero-order valence-electron chi connectivity index (χ0n) is 13.0. The highest BCUT2D eigenvalue weighted by molar-refractivity contribution is 6.76. The molecule has 4 heteroatoms. The average molecular weight is 286 g/mol. The van der Waals surface area contributed by atoms with Crippen LogP contribution in [0.3, 0.4) is 0 Å². The number of hydrogen-bond donors (Lipinski definition) is 1. The molecule has 0 aliphatic carbocycles. The number of rotatable bonds is 7. The molecule has 19 heavy (non-hydrogen) atoms. The van der Waals surface area contributed by atoms with Gasteiger partial charge >= 0.3 is 0 Å². The summed E-state index contributed by atoms with van der Waals surface area (Å²) in [5.41, 5.74) is 6.23. The second-order valence-corrected chi connectivity index (χ2v) is 12.3. The molecular weight excluding hydrogens is 254 g/mol. The summed E-state index contributed by atoms with van der Waals surface area (Å²) in [6.07, 6.45) is 7.46. The van der Waals surface area contributed by atoms with E-state index in [4.69, 9.17) is 15.2 Å². The van der Waals surface area contributed by atoms with Crippen molar-refractivity contribution in [1.82, 2.24) is 0 Å². The average Bonchev–Trinajstić information content (AvgIpc) is 2.35. The molecule has 1 rings (SSSR count). The molecule has 1 aliphatic heterocycles. The maximum Gasteiger partial charge on any atom is 0.157 e. The van der Waals surface area contributed by atoms with Crippen molar-refractivity contribution in [2.24, 2.45) is 11.7 Å². The highest BCUT2D eigenvalue weighted by Gasteiger charge is 2.17. The molecular formula is C15H31NO2Si. The van der Waals surface area contributed by atoms with Crippen molar-refractivity contribution in [3.63, 3.8) is 0 Å². The molecule has 0 radical (unpaired) electrons. The Kier molecular flexibility index (Phi) is 7.29. The van der Waals surface area contributed by atoms with Crippen LogP contribution in [0.4, 0.5) is 0 Å². The van der Waals surface area contributed by atoms with Crippen LogP contribution < -0.4 is 5.73 Å². The van der Waals surface area contributed by atoms with Crippen LogP contribution in [-0.4, -0.2) is 33.6 Å². The largest absolute Gasteiger partial charge is 0.353 e. The van der Waals surface area contributed by atoms with Crippen LogP contribution in [0.5, 0.6) is 0 Å². The SMILES string of the molecule is C[C@@H](/C=C/C[Si](C)(C)C)[C@H](N)CCC1OCCCO1. The Morgan fingerprint density at radius 3 is 2.47 bits per heavy atom. The third-order valence-electron chi connectivity index (χ3n) is 3.48. The molecule has 1 saturated heterocycles. The van der Waals surface area contributed by atoms with E-state index in [2.05, 4.69) is 38.7 Å². The Bertz CT molecular complexity index is 270. The van der Waals surface area contributed by atoms with E-state index in [-0.39, 0.29) is 12.3 Å². The predicted molar refractivity (Wildman–Crippen MR) is 84.0 cm³/mol. The van der Waals surface area contributed by atoms with Gasteiger partial charge in [-0.05, 0) is 31.2 Å². The van der Waals surface area contributed by atoms with Gasteiger partial charge in [0.25, 0.3) is 0 Å². The van der Waals surface area contributed by atoms with Gasteiger partial charge in [-0.2, -0.15) is 0 Å². The molecule has 0 spiro atoms. The lowest BCUT2D eigenvalue weighted by molar-refractivity contribution is -0.182. The molecule has 112 valence electrons. The number of nitrogens with two attached hydrogens (primary N) is 1. The predicted octanol–water partition coefficient (Wildman–Crippen LogP) is 3.39. The third kappa shape index (κ3) is 7.87. The minimum atomic E-state index is -0.972. The summed E-state index contributed by atoms with van der Waals surface area (Å²) in [4.78, 5) is 0. The maximum absolute atomic E-state index is 6.23. The molecule has 0 aromatic rings. The van der Waals surface area contributed by atoms with Gasteiger partial charge in [0.2, 0.25) is 0 Å². The Morgan fingerprint density at radius 1 is 1.26 bits per heavy atom. The molecule has 3 nitrogen and oxygen atoms in total. The summed E-state index contributed by atoms with van der Waals surface area (Å²) in [5, 5.41) is 0. The first kappa shape index (κ1) is 16.9. The molecule has 0 aromatic carbocycles. The standard InChI is InChI=1S/C15H31NO2Si/c1-13(7-5-12-19(2,3)4)14(16)8-9-15-17-10-6-11-18-15/h5,7,13-15H,6,8-12,16H2,1-4H3/b7-5+/t13-,14+/m0/s1. The molecule has 1 aliphatic rings. The van der Waals surface area contributed by atoms with Crippen molar-refractivity contribution in [2.75, 3.05) is 13.2 Å². The summed E-state index contributed by atoms with van der Waals surface area (Å²) in [6, 6.07) is 1.44. The highest BCUT2D eigenvalue weighted by Crippen LogP contribution is 2.16. The summed E-state index contributed by atoms with van der Waals surface area (Å²) in [6.45, 7) is 11.0. The topological polar surface area (TPSA) is 44.5 Å². The summed E-state index contributed by atoms with van der Waals surface area (Å²) >= 11 is 0. The van der Waals surface area contributed by atoms with Crippen molar-refractivity contribution in [3.05, 3.63) is 12.2 Å².